The molecule has 0 aliphatic heterocycles. The first-order chi connectivity index (χ1) is 15.8. The van der Waals surface area contributed by atoms with E-state index in [0.29, 0.717) is 22.9 Å². The number of benzene rings is 3. The normalized spacial score (nSPS) is 11.4. The summed E-state index contributed by atoms with van der Waals surface area (Å²) in [5, 5.41) is 4.34. The lowest BCUT2D eigenvalue weighted by Crippen LogP contribution is -2.40. The lowest BCUT2D eigenvalue weighted by molar-refractivity contribution is -0.119. The van der Waals surface area contributed by atoms with Gasteiger partial charge in [-0.25, -0.2) is 13.8 Å². The molecule has 33 heavy (non-hydrogen) atoms. The van der Waals surface area contributed by atoms with Crippen LogP contribution in [0, 0.1) is 6.92 Å². The lowest BCUT2D eigenvalue weighted by atomic mass is 10.2. The van der Waals surface area contributed by atoms with Gasteiger partial charge >= 0.3 is 0 Å². The van der Waals surface area contributed by atoms with Gasteiger partial charge in [-0.05, 0) is 73.5 Å². The number of ether oxygens (including phenoxy) is 1. The van der Waals surface area contributed by atoms with E-state index in [1.165, 1.54) is 18.3 Å². The molecule has 3 rings (SSSR count). The molecule has 0 atom stereocenters. The monoisotopic (exact) mass is 485 g/mol. The van der Waals surface area contributed by atoms with E-state index in [1.807, 2.05) is 6.92 Å². The number of amides is 1. The number of carbonyl (C=O) groups is 1. The summed E-state index contributed by atoms with van der Waals surface area (Å²) in [6, 6.07) is 20.0. The molecule has 0 aliphatic carbocycles. The van der Waals surface area contributed by atoms with Gasteiger partial charge in [-0.3, -0.25) is 9.10 Å². The van der Waals surface area contributed by atoms with Gasteiger partial charge in [0.15, 0.2) is 0 Å². The maximum atomic E-state index is 13.4. The quantitative estimate of drug-likeness (QED) is 0.359. The summed E-state index contributed by atoms with van der Waals surface area (Å²) in [6.07, 6.45) is 1.47. The third kappa shape index (κ3) is 6.12. The molecule has 0 saturated carbocycles. The summed E-state index contributed by atoms with van der Waals surface area (Å²) < 4.78 is 33.2. The molecule has 0 aliphatic rings. The highest BCUT2D eigenvalue weighted by molar-refractivity contribution is 7.92. The number of rotatable bonds is 9. The number of hydrazone groups is 1. The van der Waals surface area contributed by atoms with Crippen LogP contribution in [0.1, 0.15) is 18.1 Å². The summed E-state index contributed by atoms with van der Waals surface area (Å²) >= 11 is 6.22. The summed E-state index contributed by atoms with van der Waals surface area (Å²) in [4.78, 5) is 12.7. The van der Waals surface area contributed by atoms with E-state index in [-0.39, 0.29) is 4.90 Å². The van der Waals surface area contributed by atoms with Crippen LogP contribution in [0.25, 0.3) is 0 Å². The highest BCUT2D eigenvalue weighted by Crippen LogP contribution is 2.30. The minimum Gasteiger partial charge on any atom is -0.494 e. The molecule has 0 saturated heterocycles. The maximum absolute atomic E-state index is 13.4. The van der Waals surface area contributed by atoms with Crippen LogP contribution in [-0.4, -0.2) is 33.7 Å². The second kappa shape index (κ2) is 11.0. The second-order valence-electron chi connectivity index (χ2n) is 7.00. The zero-order chi connectivity index (χ0) is 23.8. The van der Waals surface area contributed by atoms with E-state index in [2.05, 4.69) is 10.5 Å². The van der Waals surface area contributed by atoms with E-state index in [0.717, 1.165) is 15.6 Å². The van der Waals surface area contributed by atoms with Crippen molar-refractivity contribution in [2.45, 2.75) is 18.7 Å². The average molecular weight is 486 g/mol. The van der Waals surface area contributed by atoms with E-state index < -0.39 is 22.5 Å². The van der Waals surface area contributed by atoms with E-state index in [1.54, 1.807) is 67.6 Å². The van der Waals surface area contributed by atoms with E-state index in [4.69, 9.17) is 16.3 Å². The molecule has 0 spiro atoms. The Morgan fingerprint density at radius 3 is 2.42 bits per heavy atom. The largest absolute Gasteiger partial charge is 0.494 e. The lowest BCUT2D eigenvalue weighted by Gasteiger charge is -2.25. The fraction of sp³-hybridized carbons (Fsp3) is 0.167. The standard InChI is InChI=1S/C24H24ClN3O4S/c1-3-32-20-14-12-19(13-15-20)16-26-27-24(29)17-28(23-11-7-10-22(25)18(23)2)33(30,31)21-8-5-4-6-9-21/h4-16H,3,17H2,1-2H3,(H,27,29)/b26-16-. The van der Waals surface area contributed by atoms with Crippen molar-refractivity contribution in [1.82, 2.24) is 5.43 Å². The van der Waals surface area contributed by atoms with Crippen molar-refractivity contribution in [2.24, 2.45) is 5.10 Å². The minimum atomic E-state index is -4.03. The maximum Gasteiger partial charge on any atom is 0.264 e. The SMILES string of the molecule is CCOc1ccc(/C=N\NC(=O)CN(c2cccc(Cl)c2C)S(=O)(=O)c2ccccc2)cc1. The molecule has 7 nitrogen and oxygen atoms in total. The molecule has 1 amide bonds. The van der Waals surface area contributed by atoms with Crippen molar-refractivity contribution < 1.29 is 17.9 Å². The van der Waals surface area contributed by atoms with Gasteiger partial charge in [0, 0.05) is 5.02 Å². The predicted octanol–water partition coefficient (Wildman–Crippen LogP) is 4.39. The van der Waals surface area contributed by atoms with Gasteiger partial charge in [0.1, 0.15) is 12.3 Å². The van der Waals surface area contributed by atoms with Crippen LogP contribution < -0.4 is 14.5 Å². The highest BCUT2D eigenvalue weighted by atomic mass is 35.5. The number of nitrogens with zero attached hydrogens (tertiary/aromatic N) is 2. The Kier molecular flexibility index (Phi) is 8.08. The van der Waals surface area contributed by atoms with Crippen LogP contribution in [0.3, 0.4) is 0 Å². The average Bonchev–Trinajstić information content (AvgIpc) is 2.81. The van der Waals surface area contributed by atoms with Gasteiger partial charge in [-0.15, -0.1) is 0 Å². The molecule has 0 bridgehead atoms. The van der Waals surface area contributed by atoms with E-state index in [9.17, 15) is 13.2 Å². The molecule has 172 valence electrons. The van der Waals surface area contributed by atoms with Gasteiger partial charge in [0.2, 0.25) is 0 Å². The van der Waals surface area contributed by atoms with Gasteiger partial charge in [0.25, 0.3) is 15.9 Å². The smallest absolute Gasteiger partial charge is 0.264 e. The number of nitrogens with one attached hydrogen (secondary N) is 1. The fourth-order valence-electron chi connectivity index (χ4n) is 3.05. The third-order valence-electron chi connectivity index (χ3n) is 4.72. The number of hydrogen-bond acceptors (Lipinski definition) is 5. The zero-order valence-corrected chi connectivity index (χ0v) is 19.8. The Labute approximate surface area is 198 Å². The topological polar surface area (TPSA) is 88.1 Å². The molecule has 1 N–H and O–H groups in total. The third-order valence-corrected chi connectivity index (χ3v) is 6.90. The minimum absolute atomic E-state index is 0.0649. The Balaban J connectivity index is 1.81. The van der Waals surface area contributed by atoms with Crippen LogP contribution in [0.4, 0.5) is 5.69 Å². The van der Waals surface area contributed by atoms with Crippen molar-refractivity contribution in [2.75, 3.05) is 17.5 Å². The molecule has 0 radical (unpaired) electrons. The molecule has 0 fully saturated rings. The Morgan fingerprint density at radius 2 is 1.76 bits per heavy atom. The highest BCUT2D eigenvalue weighted by Gasteiger charge is 2.28. The molecule has 0 heterocycles. The van der Waals surface area contributed by atoms with Gasteiger partial charge in [-0.1, -0.05) is 35.9 Å². The van der Waals surface area contributed by atoms with Gasteiger partial charge < -0.3 is 4.74 Å². The van der Waals surface area contributed by atoms with E-state index >= 15 is 0 Å². The van der Waals surface area contributed by atoms with Crippen molar-refractivity contribution in [3.05, 3.63) is 88.9 Å². The van der Waals surface area contributed by atoms with Gasteiger partial charge in [0.05, 0.1) is 23.4 Å². The number of halogens is 1. The number of anilines is 1. The molecule has 3 aromatic rings. The Bertz CT molecular complexity index is 1230. The molecular formula is C24H24ClN3O4S. The summed E-state index contributed by atoms with van der Waals surface area (Å²) in [6.45, 7) is 3.70. The fourth-order valence-corrected chi connectivity index (χ4v) is 4.72. The first-order valence-corrected chi connectivity index (χ1v) is 12.0. The first kappa shape index (κ1) is 24.3. The molecule has 3 aromatic carbocycles. The second-order valence-corrected chi connectivity index (χ2v) is 9.27. The van der Waals surface area contributed by atoms with Gasteiger partial charge in [-0.2, -0.15) is 5.10 Å². The van der Waals surface area contributed by atoms with Crippen LogP contribution in [-0.2, 0) is 14.8 Å². The van der Waals surface area contributed by atoms with Crippen molar-refractivity contribution in [3.8, 4) is 5.75 Å². The first-order valence-electron chi connectivity index (χ1n) is 10.2. The van der Waals surface area contributed by atoms with Crippen LogP contribution in [0.2, 0.25) is 5.02 Å². The number of hydrogen-bond donors (Lipinski definition) is 1. The van der Waals surface area contributed by atoms with Crippen molar-refractivity contribution in [3.63, 3.8) is 0 Å². The Hall–Kier alpha value is -3.36. The number of sulfonamides is 1. The summed E-state index contributed by atoms with van der Waals surface area (Å²) in [5.74, 6) is 0.133. The Morgan fingerprint density at radius 1 is 1.06 bits per heavy atom. The molecule has 9 heteroatoms. The molecular weight excluding hydrogens is 462 g/mol. The molecule has 0 unspecified atom stereocenters. The summed E-state index contributed by atoms with van der Waals surface area (Å²) in [5.41, 5.74) is 4.00. The predicted molar refractivity (Wildman–Crippen MR) is 131 cm³/mol. The number of carbonyl (C=O) groups excluding carboxylic acids is 1. The van der Waals surface area contributed by atoms with Crippen molar-refractivity contribution >= 4 is 39.4 Å². The summed E-state index contributed by atoms with van der Waals surface area (Å²) in [7, 11) is -4.03. The van der Waals surface area contributed by atoms with Crippen LogP contribution in [0.15, 0.2) is 82.8 Å². The zero-order valence-electron chi connectivity index (χ0n) is 18.2. The molecule has 0 aromatic heterocycles. The van der Waals surface area contributed by atoms with Crippen LogP contribution in [0.5, 0.6) is 5.75 Å². The van der Waals surface area contributed by atoms with Crippen molar-refractivity contribution in [1.29, 1.82) is 0 Å². The van der Waals surface area contributed by atoms with Crippen LogP contribution >= 0.6 is 11.6 Å².